The van der Waals surface area contributed by atoms with Crippen molar-refractivity contribution < 1.29 is 13.2 Å². The second-order valence-electron chi connectivity index (χ2n) is 6.08. The average molecular weight is 418 g/mol. The molecule has 0 aliphatic rings. The van der Waals surface area contributed by atoms with Gasteiger partial charge in [0.25, 0.3) is 5.56 Å². The summed E-state index contributed by atoms with van der Waals surface area (Å²) in [5.74, 6) is -1.53. The number of benzene rings is 2. The van der Waals surface area contributed by atoms with Gasteiger partial charge in [0.2, 0.25) is 0 Å². The molecule has 2 aromatic heterocycles. The third-order valence-corrected chi connectivity index (χ3v) is 6.05. The van der Waals surface area contributed by atoms with Gasteiger partial charge >= 0.3 is 0 Å². The fraction of sp³-hybridized carbons (Fsp3) is 0.100. The van der Waals surface area contributed by atoms with Crippen molar-refractivity contribution in [3.8, 4) is 0 Å². The maximum atomic E-state index is 14.1. The lowest BCUT2D eigenvalue weighted by atomic mass is 10.2. The van der Waals surface area contributed by atoms with E-state index in [0.29, 0.717) is 26.5 Å². The topological polar surface area (TPSA) is 34.9 Å². The molecule has 0 radical (unpaired) electrons. The second-order valence-corrected chi connectivity index (χ2v) is 7.94. The third-order valence-electron chi connectivity index (χ3n) is 4.11. The van der Waals surface area contributed by atoms with Crippen LogP contribution in [0.4, 0.5) is 13.2 Å². The summed E-state index contributed by atoms with van der Waals surface area (Å²) in [5.41, 5.74) is 1.07. The van der Waals surface area contributed by atoms with E-state index < -0.39 is 17.5 Å². The van der Waals surface area contributed by atoms with Crippen molar-refractivity contribution in [2.24, 2.45) is 0 Å². The molecule has 3 nitrogen and oxygen atoms in total. The van der Waals surface area contributed by atoms with Gasteiger partial charge in [-0.05, 0) is 35.2 Å². The van der Waals surface area contributed by atoms with Gasteiger partial charge in [-0.1, -0.05) is 30.0 Å². The zero-order chi connectivity index (χ0) is 19.7. The van der Waals surface area contributed by atoms with Crippen LogP contribution in [0, 0.1) is 17.5 Å². The average Bonchev–Trinajstić information content (AvgIpc) is 3.12. The molecule has 2 heterocycles. The Morgan fingerprint density at radius 1 is 1.04 bits per heavy atom. The summed E-state index contributed by atoms with van der Waals surface area (Å²) in [6, 6.07) is 11.2. The van der Waals surface area contributed by atoms with E-state index in [2.05, 4.69) is 4.98 Å². The smallest absolute Gasteiger partial charge is 0.272 e. The van der Waals surface area contributed by atoms with Crippen molar-refractivity contribution in [3.05, 3.63) is 92.8 Å². The van der Waals surface area contributed by atoms with Crippen LogP contribution in [0.2, 0.25) is 0 Å². The van der Waals surface area contributed by atoms with E-state index in [1.54, 1.807) is 29.6 Å². The largest absolute Gasteiger partial charge is 0.282 e. The predicted molar refractivity (Wildman–Crippen MR) is 105 cm³/mol. The van der Waals surface area contributed by atoms with Gasteiger partial charge in [0, 0.05) is 17.4 Å². The molecule has 8 heteroatoms. The first-order chi connectivity index (χ1) is 13.5. The number of fused-ring (bicyclic) bond motifs is 1. The predicted octanol–water partition coefficient (Wildman–Crippen LogP) is 5.22. The lowest BCUT2D eigenvalue weighted by Gasteiger charge is -2.13. The van der Waals surface area contributed by atoms with Crippen LogP contribution in [0.3, 0.4) is 0 Å². The first kappa shape index (κ1) is 18.8. The van der Waals surface area contributed by atoms with E-state index in [-0.39, 0.29) is 17.9 Å². The number of hydrogen-bond acceptors (Lipinski definition) is 4. The van der Waals surface area contributed by atoms with Gasteiger partial charge in [-0.15, -0.1) is 11.3 Å². The van der Waals surface area contributed by atoms with Gasteiger partial charge in [-0.25, -0.2) is 18.2 Å². The molecule has 4 aromatic rings. The summed E-state index contributed by atoms with van der Waals surface area (Å²) in [7, 11) is 0. The third kappa shape index (κ3) is 3.83. The first-order valence-electron chi connectivity index (χ1n) is 8.30. The fourth-order valence-corrected chi connectivity index (χ4v) is 4.52. The summed E-state index contributed by atoms with van der Waals surface area (Å²) in [6.45, 7) is 0.0200. The Labute approximate surface area is 166 Å². The number of aromatic nitrogens is 2. The van der Waals surface area contributed by atoms with Gasteiger partial charge in [0.05, 0.1) is 12.1 Å². The van der Waals surface area contributed by atoms with E-state index >= 15 is 0 Å². The summed E-state index contributed by atoms with van der Waals surface area (Å²) in [6.07, 6.45) is 0. The van der Waals surface area contributed by atoms with E-state index in [0.717, 1.165) is 6.07 Å². The highest BCUT2D eigenvalue weighted by molar-refractivity contribution is 7.98. The Balaban J connectivity index is 1.73. The maximum absolute atomic E-state index is 14.1. The minimum Gasteiger partial charge on any atom is -0.282 e. The SMILES string of the molecule is O=c1c2sccc2nc(SCc2cc(F)cc(F)c2)n1Cc1ccccc1F. The molecule has 0 aliphatic heterocycles. The van der Waals surface area contributed by atoms with Crippen LogP contribution in [-0.2, 0) is 12.3 Å². The molecular formula is C20H13F3N2OS2. The highest BCUT2D eigenvalue weighted by Gasteiger charge is 2.15. The van der Waals surface area contributed by atoms with Crippen LogP contribution >= 0.6 is 23.1 Å². The Morgan fingerprint density at radius 3 is 2.54 bits per heavy atom. The van der Waals surface area contributed by atoms with Gasteiger partial charge in [-0.3, -0.25) is 9.36 Å². The van der Waals surface area contributed by atoms with Crippen molar-refractivity contribution >= 4 is 33.3 Å². The molecule has 0 atom stereocenters. The van der Waals surface area contributed by atoms with Crippen LogP contribution in [0.25, 0.3) is 10.2 Å². The van der Waals surface area contributed by atoms with Crippen LogP contribution < -0.4 is 5.56 Å². The van der Waals surface area contributed by atoms with Gasteiger partial charge in [0.15, 0.2) is 5.16 Å². The summed E-state index contributed by atoms with van der Waals surface area (Å²) < 4.78 is 42.9. The molecule has 142 valence electrons. The molecular weight excluding hydrogens is 405 g/mol. The summed E-state index contributed by atoms with van der Waals surface area (Å²) in [5, 5.41) is 2.13. The minimum absolute atomic E-state index is 0.0200. The van der Waals surface area contributed by atoms with Crippen LogP contribution in [0.5, 0.6) is 0 Å². The van der Waals surface area contributed by atoms with Gasteiger partial charge in [0.1, 0.15) is 22.2 Å². The van der Waals surface area contributed by atoms with E-state index in [9.17, 15) is 18.0 Å². The minimum atomic E-state index is -0.666. The molecule has 0 bridgehead atoms. The zero-order valence-electron chi connectivity index (χ0n) is 14.4. The van der Waals surface area contributed by atoms with Gasteiger partial charge in [-0.2, -0.15) is 0 Å². The zero-order valence-corrected chi connectivity index (χ0v) is 16.0. The second kappa shape index (κ2) is 7.81. The lowest BCUT2D eigenvalue weighted by molar-refractivity contribution is 0.578. The molecule has 0 saturated heterocycles. The number of hydrogen-bond donors (Lipinski definition) is 0. The Bertz CT molecular complexity index is 1200. The molecule has 0 aliphatic carbocycles. The molecule has 0 N–H and O–H groups in total. The maximum Gasteiger partial charge on any atom is 0.272 e. The monoisotopic (exact) mass is 418 g/mol. The van der Waals surface area contributed by atoms with Gasteiger partial charge < -0.3 is 0 Å². The first-order valence-corrected chi connectivity index (χ1v) is 10.2. The van der Waals surface area contributed by atoms with Crippen molar-refractivity contribution in [1.82, 2.24) is 9.55 Å². The lowest BCUT2D eigenvalue weighted by Crippen LogP contribution is -2.23. The molecule has 0 saturated carbocycles. The number of thioether (sulfide) groups is 1. The van der Waals surface area contributed by atoms with Crippen molar-refractivity contribution in [2.45, 2.75) is 17.5 Å². The van der Waals surface area contributed by atoms with Crippen molar-refractivity contribution in [3.63, 3.8) is 0 Å². The summed E-state index contributed by atoms with van der Waals surface area (Å²) in [4.78, 5) is 17.4. The van der Waals surface area contributed by atoms with Crippen LogP contribution in [0.15, 0.2) is 63.9 Å². The van der Waals surface area contributed by atoms with Crippen LogP contribution in [0.1, 0.15) is 11.1 Å². The van der Waals surface area contributed by atoms with Crippen LogP contribution in [-0.4, -0.2) is 9.55 Å². The highest BCUT2D eigenvalue weighted by atomic mass is 32.2. The molecule has 0 fully saturated rings. The molecule has 28 heavy (non-hydrogen) atoms. The normalized spacial score (nSPS) is 11.2. The van der Waals surface area contributed by atoms with E-state index in [1.165, 1.54) is 45.9 Å². The van der Waals surface area contributed by atoms with E-state index in [4.69, 9.17) is 0 Å². The molecule has 2 aromatic carbocycles. The molecule has 0 spiro atoms. The quantitative estimate of drug-likeness (QED) is 0.329. The number of thiophene rings is 1. The number of halogens is 3. The molecule has 0 unspecified atom stereocenters. The van der Waals surface area contributed by atoms with Crippen molar-refractivity contribution in [2.75, 3.05) is 0 Å². The standard InChI is InChI=1S/C20H13F3N2OS2/c21-14-7-12(8-15(22)9-14)11-28-20-24-17-5-6-27-18(17)19(26)25(20)10-13-3-1-2-4-16(13)23/h1-9H,10-11H2. The Kier molecular flexibility index (Phi) is 5.23. The number of rotatable bonds is 5. The Hall–Kier alpha value is -2.58. The molecule has 0 amide bonds. The van der Waals surface area contributed by atoms with Crippen molar-refractivity contribution in [1.29, 1.82) is 0 Å². The molecule has 4 rings (SSSR count). The summed E-state index contributed by atoms with van der Waals surface area (Å²) >= 11 is 2.45. The Morgan fingerprint density at radius 2 is 1.79 bits per heavy atom. The van der Waals surface area contributed by atoms with E-state index in [1.807, 2.05) is 0 Å². The highest BCUT2D eigenvalue weighted by Crippen LogP contribution is 2.25. The number of nitrogens with zero attached hydrogens (tertiary/aromatic N) is 2. The fourth-order valence-electron chi connectivity index (χ4n) is 2.81.